The normalized spacial score (nSPS) is 18.6. The van der Waals surface area contributed by atoms with Crippen LogP contribution < -0.4 is 15.4 Å². The van der Waals surface area contributed by atoms with Crippen LogP contribution in [-0.4, -0.2) is 57.4 Å². The van der Waals surface area contributed by atoms with Gasteiger partial charge >= 0.3 is 0 Å². The molecule has 1 aliphatic heterocycles. The van der Waals surface area contributed by atoms with Gasteiger partial charge in [0.1, 0.15) is 5.75 Å². The second kappa shape index (κ2) is 12.4. The molecule has 0 spiro atoms. The molecule has 0 radical (unpaired) electrons. The third-order valence-electron chi connectivity index (χ3n) is 4.87. The van der Waals surface area contributed by atoms with Gasteiger partial charge in [0.25, 0.3) is 0 Å². The van der Waals surface area contributed by atoms with Gasteiger partial charge in [-0.2, -0.15) is 0 Å². The number of nitrogens with one attached hydrogen (secondary N) is 2. The molecule has 29 heavy (non-hydrogen) atoms. The molecule has 0 bridgehead atoms. The summed E-state index contributed by atoms with van der Waals surface area (Å²) in [7, 11) is 3.49. The van der Waals surface area contributed by atoms with E-state index in [1.54, 1.807) is 25.5 Å². The van der Waals surface area contributed by atoms with Gasteiger partial charge in [-0.1, -0.05) is 18.2 Å². The molecule has 1 aromatic carbocycles. The molecule has 0 saturated carbocycles. The van der Waals surface area contributed by atoms with Crippen LogP contribution in [0, 0.1) is 0 Å². The van der Waals surface area contributed by atoms with Crippen LogP contribution in [0.1, 0.15) is 23.4 Å². The molecule has 3 rings (SSSR count). The van der Waals surface area contributed by atoms with Gasteiger partial charge in [-0.15, -0.1) is 35.3 Å². The number of nitrogens with zero attached hydrogens (tertiary/aromatic N) is 2. The van der Waals surface area contributed by atoms with Crippen molar-refractivity contribution in [3.8, 4) is 5.75 Å². The van der Waals surface area contributed by atoms with E-state index in [9.17, 15) is 0 Å². The minimum absolute atomic E-state index is 0. The van der Waals surface area contributed by atoms with Crippen molar-refractivity contribution in [2.24, 2.45) is 4.99 Å². The molecular formula is C21H31IN4O2S. The van der Waals surface area contributed by atoms with Crippen molar-refractivity contribution in [1.82, 2.24) is 15.5 Å². The molecule has 2 N–H and O–H groups in total. The monoisotopic (exact) mass is 530 g/mol. The highest BCUT2D eigenvalue weighted by Gasteiger charge is 2.26. The fourth-order valence-electron chi connectivity index (χ4n) is 3.40. The quantitative estimate of drug-likeness (QED) is 0.326. The predicted octanol–water partition coefficient (Wildman–Crippen LogP) is 3.50. The average molecular weight is 530 g/mol. The van der Waals surface area contributed by atoms with E-state index in [4.69, 9.17) is 9.47 Å². The summed E-state index contributed by atoms with van der Waals surface area (Å²) in [6, 6.07) is 12.7. The number of methoxy groups -OCH3 is 1. The zero-order chi connectivity index (χ0) is 19.8. The SMILES string of the molecule is CN=C(NCc1cccc(OC)c1)NCC(c1cccs1)N1CCOC(C)C1.I. The third kappa shape index (κ3) is 7.13. The second-order valence-corrected chi connectivity index (χ2v) is 7.85. The number of benzene rings is 1. The summed E-state index contributed by atoms with van der Waals surface area (Å²) in [6.45, 7) is 6.30. The van der Waals surface area contributed by atoms with Gasteiger partial charge in [-0.05, 0) is 36.1 Å². The molecule has 2 unspecified atom stereocenters. The topological polar surface area (TPSA) is 58.1 Å². The Balaban J connectivity index is 0.00000300. The Morgan fingerprint density at radius 2 is 2.21 bits per heavy atom. The number of guanidine groups is 1. The first kappa shape index (κ1) is 23.9. The van der Waals surface area contributed by atoms with Crippen molar-refractivity contribution in [2.45, 2.75) is 25.6 Å². The largest absolute Gasteiger partial charge is 0.497 e. The van der Waals surface area contributed by atoms with Crippen molar-refractivity contribution in [1.29, 1.82) is 0 Å². The molecule has 1 aliphatic rings. The van der Waals surface area contributed by atoms with Gasteiger partial charge in [0.15, 0.2) is 5.96 Å². The van der Waals surface area contributed by atoms with Crippen LogP contribution in [0.15, 0.2) is 46.8 Å². The number of ether oxygens (including phenoxy) is 2. The zero-order valence-corrected chi connectivity index (χ0v) is 20.4. The van der Waals surface area contributed by atoms with Crippen LogP contribution in [0.3, 0.4) is 0 Å². The summed E-state index contributed by atoms with van der Waals surface area (Å²) in [6.07, 6.45) is 0.265. The standard InChI is InChI=1S/C21H30N4O2S.HI/c1-16-15-25(9-10-27-16)19(20-8-5-11-28-20)14-24-21(22-2)23-13-17-6-4-7-18(12-17)26-3;/h4-8,11-12,16,19H,9-10,13-15H2,1-3H3,(H2,22,23,24);1H. The lowest BCUT2D eigenvalue weighted by atomic mass is 10.1. The van der Waals surface area contributed by atoms with Gasteiger partial charge in [0.2, 0.25) is 0 Å². The Labute approximate surface area is 194 Å². The van der Waals surface area contributed by atoms with Gasteiger partial charge in [0, 0.05) is 38.1 Å². The number of halogens is 1. The highest BCUT2D eigenvalue weighted by Crippen LogP contribution is 2.26. The van der Waals surface area contributed by atoms with E-state index in [2.05, 4.69) is 51.0 Å². The Morgan fingerprint density at radius 1 is 1.34 bits per heavy atom. The van der Waals surface area contributed by atoms with E-state index in [0.717, 1.165) is 43.5 Å². The maximum absolute atomic E-state index is 5.72. The Morgan fingerprint density at radius 3 is 2.90 bits per heavy atom. The number of morpholine rings is 1. The number of hydrogen-bond donors (Lipinski definition) is 2. The summed E-state index contributed by atoms with van der Waals surface area (Å²) in [5.74, 6) is 1.66. The molecular weight excluding hydrogens is 499 g/mol. The molecule has 160 valence electrons. The number of rotatable bonds is 7. The fraction of sp³-hybridized carbons (Fsp3) is 0.476. The Hall–Kier alpha value is -1.36. The van der Waals surface area contributed by atoms with Crippen LogP contribution in [0.5, 0.6) is 5.75 Å². The summed E-state index contributed by atoms with van der Waals surface area (Å²) in [5.41, 5.74) is 1.15. The van der Waals surface area contributed by atoms with Crippen LogP contribution in [0.2, 0.25) is 0 Å². The molecule has 1 saturated heterocycles. The lowest BCUT2D eigenvalue weighted by molar-refractivity contribution is -0.0334. The molecule has 2 atom stereocenters. The fourth-order valence-corrected chi connectivity index (χ4v) is 4.26. The Bertz CT molecular complexity index is 757. The van der Waals surface area contributed by atoms with Gasteiger partial charge in [0.05, 0.1) is 25.9 Å². The van der Waals surface area contributed by atoms with Crippen molar-refractivity contribution >= 4 is 41.3 Å². The molecule has 1 aromatic heterocycles. The summed E-state index contributed by atoms with van der Waals surface area (Å²) in [4.78, 5) is 8.25. The predicted molar refractivity (Wildman–Crippen MR) is 131 cm³/mol. The number of thiophene rings is 1. The van der Waals surface area contributed by atoms with E-state index in [0.29, 0.717) is 12.6 Å². The van der Waals surface area contributed by atoms with E-state index in [1.165, 1.54) is 4.88 Å². The maximum Gasteiger partial charge on any atom is 0.191 e. The second-order valence-electron chi connectivity index (χ2n) is 6.87. The van der Waals surface area contributed by atoms with Crippen molar-refractivity contribution in [3.05, 3.63) is 52.2 Å². The smallest absolute Gasteiger partial charge is 0.191 e. The van der Waals surface area contributed by atoms with E-state index in [-0.39, 0.29) is 30.1 Å². The molecule has 2 heterocycles. The Kier molecular flexibility index (Phi) is 10.2. The van der Waals surface area contributed by atoms with Crippen LogP contribution in [0.4, 0.5) is 0 Å². The number of hydrogen-bond acceptors (Lipinski definition) is 5. The average Bonchev–Trinajstić information content (AvgIpc) is 3.25. The molecule has 8 heteroatoms. The minimum atomic E-state index is 0. The molecule has 0 amide bonds. The van der Waals surface area contributed by atoms with Crippen LogP contribution >= 0.6 is 35.3 Å². The van der Waals surface area contributed by atoms with Crippen molar-refractivity contribution in [2.75, 3.05) is 40.4 Å². The molecule has 1 fully saturated rings. The third-order valence-corrected chi connectivity index (χ3v) is 5.84. The summed E-state index contributed by atoms with van der Waals surface area (Å²) < 4.78 is 11.0. The van der Waals surface area contributed by atoms with Crippen molar-refractivity contribution in [3.63, 3.8) is 0 Å². The lowest BCUT2D eigenvalue weighted by Crippen LogP contribution is -2.47. The summed E-state index contributed by atoms with van der Waals surface area (Å²) >= 11 is 1.80. The maximum atomic E-state index is 5.72. The van der Waals surface area contributed by atoms with Crippen molar-refractivity contribution < 1.29 is 9.47 Å². The van der Waals surface area contributed by atoms with Gasteiger partial charge in [-0.3, -0.25) is 9.89 Å². The van der Waals surface area contributed by atoms with Crippen LogP contribution in [0.25, 0.3) is 0 Å². The van der Waals surface area contributed by atoms with Gasteiger partial charge < -0.3 is 20.1 Å². The van der Waals surface area contributed by atoms with E-state index >= 15 is 0 Å². The number of aliphatic imine (C=N–C) groups is 1. The first-order valence-electron chi connectivity index (χ1n) is 9.66. The van der Waals surface area contributed by atoms with E-state index in [1.807, 2.05) is 18.2 Å². The summed E-state index contributed by atoms with van der Waals surface area (Å²) in [5, 5.41) is 9.03. The molecule has 2 aromatic rings. The van der Waals surface area contributed by atoms with Crippen LogP contribution in [-0.2, 0) is 11.3 Å². The first-order valence-corrected chi connectivity index (χ1v) is 10.5. The lowest BCUT2D eigenvalue weighted by Gasteiger charge is -2.37. The highest BCUT2D eigenvalue weighted by atomic mass is 127. The highest BCUT2D eigenvalue weighted by molar-refractivity contribution is 14.0. The molecule has 6 nitrogen and oxygen atoms in total. The van der Waals surface area contributed by atoms with E-state index < -0.39 is 0 Å². The van der Waals surface area contributed by atoms with Gasteiger partial charge in [-0.25, -0.2) is 0 Å². The zero-order valence-electron chi connectivity index (χ0n) is 17.3. The minimum Gasteiger partial charge on any atom is -0.497 e. The molecule has 0 aliphatic carbocycles. The first-order chi connectivity index (χ1) is 13.7.